The van der Waals surface area contributed by atoms with Crippen LogP contribution in [0.15, 0.2) is 18.2 Å². The molecule has 4 nitrogen and oxygen atoms in total. The molecule has 20 heavy (non-hydrogen) atoms. The molecule has 1 aromatic rings. The standard InChI is InChI=1S/C15H22ClN3O/c1-10(11-3-4-11)19(7-8-20-2)14-9-12(16)5-6-13(14)15(17)18/h5-6,9-11H,3-4,7-8H2,1-2H3,(H3,17,18). The van der Waals surface area contributed by atoms with Crippen molar-refractivity contribution in [3.8, 4) is 0 Å². The Labute approximate surface area is 125 Å². The fourth-order valence-corrected chi connectivity index (χ4v) is 2.70. The Morgan fingerprint density at radius 2 is 2.25 bits per heavy atom. The fourth-order valence-electron chi connectivity index (χ4n) is 2.54. The lowest BCUT2D eigenvalue weighted by Crippen LogP contribution is -2.38. The van der Waals surface area contributed by atoms with Gasteiger partial charge in [0.05, 0.1) is 6.61 Å². The number of nitrogen functional groups attached to an aromatic ring is 1. The molecule has 3 N–H and O–H groups in total. The van der Waals surface area contributed by atoms with Crippen LogP contribution in [-0.4, -0.2) is 32.1 Å². The van der Waals surface area contributed by atoms with Gasteiger partial charge >= 0.3 is 0 Å². The molecule has 1 aliphatic rings. The van der Waals surface area contributed by atoms with E-state index in [9.17, 15) is 0 Å². The van der Waals surface area contributed by atoms with Crippen LogP contribution in [0.25, 0.3) is 0 Å². The molecule has 110 valence electrons. The van der Waals surface area contributed by atoms with Gasteiger partial charge in [-0.3, -0.25) is 5.41 Å². The van der Waals surface area contributed by atoms with Crippen LogP contribution >= 0.6 is 11.6 Å². The number of benzene rings is 1. The minimum absolute atomic E-state index is 0.0714. The second-order valence-corrected chi connectivity index (χ2v) is 5.78. The van der Waals surface area contributed by atoms with E-state index in [1.54, 1.807) is 13.2 Å². The molecule has 0 radical (unpaired) electrons. The summed E-state index contributed by atoms with van der Waals surface area (Å²) in [4.78, 5) is 2.27. The molecule has 0 bridgehead atoms. The smallest absolute Gasteiger partial charge is 0.124 e. The first kappa shape index (κ1) is 15.1. The van der Waals surface area contributed by atoms with E-state index < -0.39 is 0 Å². The monoisotopic (exact) mass is 295 g/mol. The summed E-state index contributed by atoms with van der Waals surface area (Å²) in [6.45, 7) is 3.63. The Bertz CT molecular complexity index is 488. The molecule has 0 heterocycles. The van der Waals surface area contributed by atoms with Crippen molar-refractivity contribution < 1.29 is 4.74 Å². The third-order valence-electron chi connectivity index (χ3n) is 3.89. The van der Waals surface area contributed by atoms with Crippen LogP contribution in [0.5, 0.6) is 0 Å². The van der Waals surface area contributed by atoms with Gasteiger partial charge in [-0.25, -0.2) is 0 Å². The number of hydrogen-bond acceptors (Lipinski definition) is 3. The number of hydrogen-bond donors (Lipinski definition) is 2. The van der Waals surface area contributed by atoms with Crippen LogP contribution in [0, 0.1) is 11.3 Å². The first-order valence-corrected chi connectivity index (χ1v) is 7.32. The Morgan fingerprint density at radius 1 is 1.55 bits per heavy atom. The van der Waals surface area contributed by atoms with Gasteiger partial charge in [0.25, 0.3) is 0 Å². The maximum absolute atomic E-state index is 7.76. The maximum atomic E-state index is 7.76. The van der Waals surface area contributed by atoms with E-state index in [1.165, 1.54) is 12.8 Å². The molecule has 1 fully saturated rings. The number of halogens is 1. The molecular weight excluding hydrogens is 274 g/mol. The highest BCUT2D eigenvalue weighted by molar-refractivity contribution is 6.31. The second-order valence-electron chi connectivity index (χ2n) is 5.34. The van der Waals surface area contributed by atoms with E-state index >= 15 is 0 Å². The Morgan fingerprint density at radius 3 is 2.80 bits per heavy atom. The van der Waals surface area contributed by atoms with E-state index in [2.05, 4.69) is 11.8 Å². The zero-order chi connectivity index (χ0) is 14.7. The van der Waals surface area contributed by atoms with Gasteiger partial charge in [-0.05, 0) is 43.9 Å². The summed E-state index contributed by atoms with van der Waals surface area (Å²) in [5.41, 5.74) is 7.37. The molecule has 0 aliphatic heterocycles. The predicted octanol–water partition coefficient (Wildman–Crippen LogP) is 2.88. The molecule has 0 amide bonds. The SMILES string of the molecule is COCCN(c1cc(Cl)ccc1C(=N)N)C(C)C1CC1. The van der Waals surface area contributed by atoms with Gasteiger partial charge in [0.2, 0.25) is 0 Å². The highest BCUT2D eigenvalue weighted by Crippen LogP contribution is 2.38. The van der Waals surface area contributed by atoms with Crippen molar-refractivity contribution in [1.82, 2.24) is 0 Å². The minimum atomic E-state index is 0.0714. The van der Waals surface area contributed by atoms with Crippen LogP contribution in [-0.2, 0) is 4.74 Å². The molecule has 2 rings (SSSR count). The first-order chi connectivity index (χ1) is 9.54. The highest BCUT2D eigenvalue weighted by atomic mass is 35.5. The molecule has 0 saturated heterocycles. The first-order valence-electron chi connectivity index (χ1n) is 6.94. The summed E-state index contributed by atoms with van der Waals surface area (Å²) in [6, 6.07) is 5.89. The van der Waals surface area contributed by atoms with Gasteiger partial charge in [-0.2, -0.15) is 0 Å². The predicted molar refractivity (Wildman–Crippen MR) is 83.9 cm³/mol. The lowest BCUT2D eigenvalue weighted by molar-refractivity contribution is 0.202. The lowest BCUT2D eigenvalue weighted by Gasteiger charge is -2.33. The van der Waals surface area contributed by atoms with E-state index in [0.29, 0.717) is 23.6 Å². The average molecular weight is 296 g/mol. The van der Waals surface area contributed by atoms with Crippen molar-refractivity contribution in [1.29, 1.82) is 5.41 Å². The number of anilines is 1. The van der Waals surface area contributed by atoms with Crippen molar-refractivity contribution in [2.45, 2.75) is 25.8 Å². The molecule has 1 aliphatic carbocycles. The van der Waals surface area contributed by atoms with Crippen molar-refractivity contribution >= 4 is 23.1 Å². The minimum Gasteiger partial charge on any atom is -0.384 e. The Balaban J connectivity index is 2.35. The average Bonchev–Trinajstić information content (AvgIpc) is 3.23. The number of nitrogens with zero attached hydrogens (tertiary/aromatic N) is 1. The topological polar surface area (TPSA) is 62.3 Å². The number of amidine groups is 1. The number of nitrogens with two attached hydrogens (primary N) is 1. The largest absolute Gasteiger partial charge is 0.384 e. The van der Waals surface area contributed by atoms with Crippen LogP contribution in [0.2, 0.25) is 5.02 Å². The van der Waals surface area contributed by atoms with E-state index in [-0.39, 0.29) is 5.84 Å². The van der Waals surface area contributed by atoms with E-state index in [1.807, 2.05) is 12.1 Å². The number of nitrogens with one attached hydrogen (secondary N) is 1. The summed E-state index contributed by atoms with van der Waals surface area (Å²) in [7, 11) is 1.70. The summed E-state index contributed by atoms with van der Waals surface area (Å²) in [5, 5.41) is 8.42. The van der Waals surface area contributed by atoms with Crippen molar-refractivity contribution in [2.24, 2.45) is 11.7 Å². The molecule has 0 aromatic heterocycles. The molecule has 0 spiro atoms. The van der Waals surface area contributed by atoms with Gasteiger partial charge in [0.1, 0.15) is 5.84 Å². The van der Waals surface area contributed by atoms with Gasteiger partial charge in [0.15, 0.2) is 0 Å². The van der Waals surface area contributed by atoms with Crippen molar-refractivity contribution in [3.63, 3.8) is 0 Å². The van der Waals surface area contributed by atoms with Crippen molar-refractivity contribution in [3.05, 3.63) is 28.8 Å². The van der Waals surface area contributed by atoms with E-state index in [4.69, 9.17) is 27.5 Å². The zero-order valence-electron chi connectivity index (χ0n) is 12.0. The lowest BCUT2D eigenvalue weighted by atomic mass is 10.1. The number of rotatable bonds is 7. The van der Waals surface area contributed by atoms with Crippen LogP contribution in [0.3, 0.4) is 0 Å². The third-order valence-corrected chi connectivity index (χ3v) is 4.13. The van der Waals surface area contributed by atoms with Crippen LogP contribution in [0.1, 0.15) is 25.3 Å². The van der Waals surface area contributed by atoms with Crippen LogP contribution < -0.4 is 10.6 Å². The molecule has 1 atom stereocenters. The summed E-state index contributed by atoms with van der Waals surface area (Å²) in [5.74, 6) is 0.785. The van der Waals surface area contributed by atoms with Gasteiger partial charge < -0.3 is 15.4 Å². The molecule has 1 aromatic carbocycles. The highest BCUT2D eigenvalue weighted by Gasteiger charge is 2.33. The summed E-state index contributed by atoms with van der Waals surface area (Å²) >= 11 is 6.13. The molecule has 5 heteroatoms. The van der Waals surface area contributed by atoms with Gasteiger partial charge in [0, 0.05) is 36.0 Å². The quantitative estimate of drug-likeness (QED) is 0.600. The zero-order valence-corrected chi connectivity index (χ0v) is 12.8. The Hall–Kier alpha value is -1.26. The molecule has 1 unspecified atom stereocenters. The van der Waals surface area contributed by atoms with Crippen molar-refractivity contribution in [2.75, 3.05) is 25.2 Å². The third kappa shape index (κ3) is 3.44. The van der Waals surface area contributed by atoms with Crippen LogP contribution in [0.4, 0.5) is 5.69 Å². The maximum Gasteiger partial charge on any atom is 0.124 e. The molecule has 1 saturated carbocycles. The molecular formula is C15H22ClN3O. The van der Waals surface area contributed by atoms with Gasteiger partial charge in [-0.1, -0.05) is 11.6 Å². The second kappa shape index (κ2) is 6.46. The van der Waals surface area contributed by atoms with Gasteiger partial charge in [-0.15, -0.1) is 0 Å². The fraction of sp³-hybridized carbons (Fsp3) is 0.533. The number of ether oxygens (including phenoxy) is 1. The Kier molecular flexibility index (Phi) is 4.89. The normalized spacial score (nSPS) is 15.9. The van der Waals surface area contributed by atoms with E-state index in [0.717, 1.165) is 17.8 Å². The summed E-state index contributed by atoms with van der Waals surface area (Å²) in [6.07, 6.45) is 2.53. The number of methoxy groups -OCH3 is 1. The summed E-state index contributed by atoms with van der Waals surface area (Å²) < 4.78 is 5.22.